The number of imide groups is 1. The van der Waals surface area contributed by atoms with Gasteiger partial charge in [-0.3, -0.25) is 9.59 Å². The maximum atomic E-state index is 13.5. The highest BCUT2D eigenvalue weighted by Gasteiger charge is 2.33. The molecule has 1 aliphatic rings. The summed E-state index contributed by atoms with van der Waals surface area (Å²) in [5.74, 6) is -0.527. The van der Waals surface area contributed by atoms with Crippen LogP contribution in [0.25, 0.3) is 0 Å². The Balaban J connectivity index is 1.76. The molecule has 4 rings (SSSR count). The number of anilines is 1. The van der Waals surface area contributed by atoms with Gasteiger partial charge >= 0.3 is 0 Å². The molecule has 0 spiro atoms. The quantitative estimate of drug-likeness (QED) is 0.538. The monoisotopic (exact) mass is 464 g/mol. The van der Waals surface area contributed by atoms with Crippen molar-refractivity contribution in [2.24, 2.45) is 0 Å². The molecular formula is C25H24N2O5S. The van der Waals surface area contributed by atoms with Gasteiger partial charge in [0.1, 0.15) is 5.75 Å². The molecule has 0 bridgehead atoms. The third-order valence-electron chi connectivity index (χ3n) is 5.53. The predicted molar refractivity (Wildman–Crippen MR) is 125 cm³/mol. The van der Waals surface area contributed by atoms with E-state index >= 15 is 0 Å². The van der Waals surface area contributed by atoms with E-state index in [1.807, 2.05) is 61.5 Å². The van der Waals surface area contributed by atoms with Gasteiger partial charge in [0, 0.05) is 12.8 Å². The molecule has 33 heavy (non-hydrogen) atoms. The minimum absolute atomic E-state index is 0.0700. The summed E-state index contributed by atoms with van der Waals surface area (Å²) in [5, 5.41) is 0. The smallest absolute Gasteiger partial charge is 0.241 e. The average molecular weight is 465 g/mol. The van der Waals surface area contributed by atoms with Gasteiger partial charge in [-0.2, -0.15) is 4.72 Å². The van der Waals surface area contributed by atoms with Crippen molar-refractivity contribution >= 4 is 27.5 Å². The van der Waals surface area contributed by atoms with E-state index in [1.54, 1.807) is 0 Å². The molecular weight excluding hydrogens is 440 g/mol. The molecule has 0 radical (unpaired) electrons. The summed E-state index contributed by atoms with van der Waals surface area (Å²) in [6, 6.07) is 20.4. The number of sulfonamides is 1. The normalized spacial score (nSPS) is 15.0. The number of carbonyl (C=O) groups excluding carboxylic acids is 2. The highest BCUT2D eigenvalue weighted by atomic mass is 32.2. The Bertz CT molecular complexity index is 1290. The van der Waals surface area contributed by atoms with Crippen molar-refractivity contribution < 1.29 is 22.7 Å². The largest absolute Gasteiger partial charge is 0.495 e. The summed E-state index contributed by atoms with van der Waals surface area (Å²) in [7, 11) is -2.63. The van der Waals surface area contributed by atoms with E-state index in [4.69, 9.17) is 4.74 Å². The first-order chi connectivity index (χ1) is 15.8. The second-order valence-electron chi connectivity index (χ2n) is 7.84. The van der Waals surface area contributed by atoms with E-state index in [-0.39, 0.29) is 41.0 Å². The van der Waals surface area contributed by atoms with Gasteiger partial charge in [0.25, 0.3) is 0 Å². The molecule has 2 amide bonds. The lowest BCUT2D eigenvalue weighted by Crippen LogP contribution is -2.31. The van der Waals surface area contributed by atoms with Crippen LogP contribution in [0.4, 0.5) is 5.69 Å². The zero-order valence-electron chi connectivity index (χ0n) is 18.3. The van der Waals surface area contributed by atoms with Gasteiger partial charge in [-0.05, 0) is 36.2 Å². The van der Waals surface area contributed by atoms with Crippen LogP contribution < -0.4 is 14.4 Å². The number of benzene rings is 3. The molecule has 3 aromatic rings. The number of amides is 2. The van der Waals surface area contributed by atoms with Gasteiger partial charge in [-0.25, -0.2) is 13.3 Å². The van der Waals surface area contributed by atoms with Gasteiger partial charge in [0.2, 0.25) is 21.8 Å². The molecule has 0 aliphatic carbocycles. The molecule has 0 unspecified atom stereocenters. The van der Waals surface area contributed by atoms with E-state index in [1.165, 1.54) is 25.3 Å². The third-order valence-corrected chi connectivity index (χ3v) is 6.95. The Kier molecular flexibility index (Phi) is 6.31. The van der Waals surface area contributed by atoms with Crippen LogP contribution >= 0.6 is 0 Å². The number of carbonyl (C=O) groups is 2. The van der Waals surface area contributed by atoms with Gasteiger partial charge in [-0.1, -0.05) is 60.2 Å². The average Bonchev–Trinajstić information content (AvgIpc) is 3.15. The summed E-state index contributed by atoms with van der Waals surface area (Å²) in [6.07, 6.45) is 0.168. The number of methoxy groups -OCH3 is 1. The van der Waals surface area contributed by atoms with Crippen LogP contribution in [0.2, 0.25) is 0 Å². The minimum atomic E-state index is -4.04. The Morgan fingerprint density at radius 3 is 2.18 bits per heavy atom. The molecule has 1 heterocycles. The fourth-order valence-corrected chi connectivity index (χ4v) is 5.14. The van der Waals surface area contributed by atoms with Crippen molar-refractivity contribution in [1.29, 1.82) is 0 Å². The Hall–Kier alpha value is -3.49. The lowest BCUT2D eigenvalue weighted by Gasteiger charge is -2.22. The number of rotatable bonds is 7. The fraction of sp³-hybridized carbons (Fsp3) is 0.200. The molecule has 7 nitrogen and oxygen atoms in total. The standard InChI is InChI=1S/C25H24N2O5S/c1-17-7-6-10-19(15-17)25(18-8-4-3-5-9-18)26-33(30,31)20-11-12-22(32-2)21(16-20)27-23(28)13-14-24(27)29/h3-12,15-16,25-26H,13-14H2,1-2H3/t25-/m0/s1. The topological polar surface area (TPSA) is 92.8 Å². The van der Waals surface area contributed by atoms with Gasteiger partial charge in [0.15, 0.2) is 0 Å². The van der Waals surface area contributed by atoms with Gasteiger partial charge in [-0.15, -0.1) is 0 Å². The second-order valence-corrected chi connectivity index (χ2v) is 9.55. The number of aryl methyl sites for hydroxylation is 1. The maximum Gasteiger partial charge on any atom is 0.241 e. The summed E-state index contributed by atoms with van der Waals surface area (Å²) >= 11 is 0. The highest BCUT2D eigenvalue weighted by Crippen LogP contribution is 2.35. The van der Waals surface area contributed by atoms with E-state index in [0.717, 1.165) is 21.6 Å². The molecule has 0 aromatic heterocycles. The zero-order valence-corrected chi connectivity index (χ0v) is 19.1. The fourth-order valence-electron chi connectivity index (χ4n) is 3.90. The predicted octanol–water partition coefficient (Wildman–Crippen LogP) is 3.72. The van der Waals surface area contributed by atoms with Crippen LogP contribution in [0, 0.1) is 6.92 Å². The molecule has 8 heteroatoms. The highest BCUT2D eigenvalue weighted by molar-refractivity contribution is 7.89. The second kappa shape index (κ2) is 9.17. The van der Waals surface area contributed by atoms with Crippen LogP contribution in [-0.2, 0) is 19.6 Å². The lowest BCUT2D eigenvalue weighted by molar-refractivity contribution is -0.121. The molecule has 0 saturated carbocycles. The number of hydrogen-bond donors (Lipinski definition) is 1. The number of nitrogens with one attached hydrogen (secondary N) is 1. The van der Waals surface area contributed by atoms with Gasteiger partial charge < -0.3 is 4.74 Å². The van der Waals surface area contributed by atoms with E-state index in [9.17, 15) is 18.0 Å². The molecule has 1 atom stereocenters. The number of nitrogens with zero attached hydrogens (tertiary/aromatic N) is 1. The number of hydrogen-bond acceptors (Lipinski definition) is 5. The summed E-state index contributed by atoms with van der Waals surface area (Å²) in [5.41, 5.74) is 2.71. The zero-order chi connectivity index (χ0) is 23.6. The Labute approximate surface area is 193 Å². The Morgan fingerprint density at radius 2 is 1.55 bits per heavy atom. The van der Waals surface area contributed by atoms with Crippen molar-refractivity contribution in [2.45, 2.75) is 30.7 Å². The van der Waals surface area contributed by atoms with Crippen molar-refractivity contribution in [2.75, 3.05) is 12.0 Å². The van der Waals surface area contributed by atoms with Crippen molar-refractivity contribution in [3.63, 3.8) is 0 Å². The molecule has 1 fully saturated rings. The SMILES string of the molecule is COc1ccc(S(=O)(=O)N[C@@H](c2ccccc2)c2cccc(C)c2)cc1N1C(=O)CCC1=O. The van der Waals surface area contributed by atoms with Crippen molar-refractivity contribution in [3.05, 3.63) is 89.5 Å². The first-order valence-corrected chi connectivity index (χ1v) is 12.0. The summed E-state index contributed by atoms with van der Waals surface area (Å²) in [6.45, 7) is 1.94. The molecule has 1 N–H and O–H groups in total. The first kappa shape index (κ1) is 22.7. The van der Waals surface area contributed by atoms with Crippen molar-refractivity contribution in [3.8, 4) is 5.75 Å². The molecule has 1 aliphatic heterocycles. The summed E-state index contributed by atoms with van der Waals surface area (Å²) in [4.78, 5) is 25.5. The first-order valence-electron chi connectivity index (χ1n) is 10.5. The maximum absolute atomic E-state index is 13.5. The van der Waals surface area contributed by atoms with E-state index in [2.05, 4.69) is 4.72 Å². The molecule has 3 aromatic carbocycles. The summed E-state index contributed by atoms with van der Waals surface area (Å²) < 4.78 is 35.0. The van der Waals surface area contributed by atoms with Crippen LogP contribution in [0.15, 0.2) is 77.7 Å². The van der Waals surface area contributed by atoms with Crippen LogP contribution in [0.3, 0.4) is 0 Å². The number of ether oxygens (including phenoxy) is 1. The van der Waals surface area contributed by atoms with E-state index < -0.39 is 16.1 Å². The van der Waals surface area contributed by atoms with Gasteiger partial charge in [0.05, 0.1) is 23.7 Å². The third kappa shape index (κ3) is 4.67. The van der Waals surface area contributed by atoms with Crippen LogP contribution in [0.5, 0.6) is 5.75 Å². The minimum Gasteiger partial charge on any atom is -0.495 e. The van der Waals surface area contributed by atoms with Crippen LogP contribution in [-0.4, -0.2) is 27.3 Å². The molecule has 1 saturated heterocycles. The van der Waals surface area contributed by atoms with Crippen LogP contribution in [0.1, 0.15) is 35.6 Å². The Morgan fingerprint density at radius 1 is 0.879 bits per heavy atom. The molecule has 170 valence electrons. The van der Waals surface area contributed by atoms with E-state index in [0.29, 0.717) is 0 Å². The lowest BCUT2D eigenvalue weighted by atomic mass is 9.98. The van der Waals surface area contributed by atoms with Crippen molar-refractivity contribution in [1.82, 2.24) is 4.72 Å².